The summed E-state index contributed by atoms with van der Waals surface area (Å²) in [5.74, 6) is 0.195. The second-order valence-corrected chi connectivity index (χ2v) is 5.83. The van der Waals surface area contributed by atoms with Crippen LogP contribution in [0.3, 0.4) is 0 Å². The van der Waals surface area contributed by atoms with Crippen LogP contribution in [0.5, 0.6) is 5.75 Å². The lowest BCUT2D eigenvalue weighted by atomic mass is 10.1. The third kappa shape index (κ3) is 3.72. The monoisotopic (exact) mass is 357 g/mol. The molecule has 2 aromatic rings. The maximum Gasteiger partial charge on any atom is 0.138 e. The van der Waals surface area contributed by atoms with Crippen molar-refractivity contribution in [2.75, 3.05) is 0 Å². The molecular weight excluding hydrogens is 345 g/mol. The smallest absolute Gasteiger partial charge is 0.138 e. The average Bonchev–Trinajstić information content (AvgIpc) is 2.38. The van der Waals surface area contributed by atoms with Crippen molar-refractivity contribution in [1.82, 2.24) is 0 Å². The molecule has 0 aliphatic carbocycles. The van der Waals surface area contributed by atoms with Gasteiger partial charge in [0, 0.05) is 16.1 Å². The van der Waals surface area contributed by atoms with Gasteiger partial charge < -0.3 is 10.5 Å². The minimum Gasteiger partial charge on any atom is -0.487 e. The SMILES string of the molecule is CC(N)c1ccc(OCc2ccc(Br)cc2F)c(Cl)c1. The molecule has 0 radical (unpaired) electrons. The summed E-state index contributed by atoms with van der Waals surface area (Å²) in [5.41, 5.74) is 7.18. The summed E-state index contributed by atoms with van der Waals surface area (Å²) in [7, 11) is 0. The molecule has 0 spiro atoms. The van der Waals surface area contributed by atoms with Gasteiger partial charge in [0.05, 0.1) is 5.02 Å². The Morgan fingerprint density at radius 2 is 2.05 bits per heavy atom. The number of benzene rings is 2. The molecule has 5 heteroatoms. The van der Waals surface area contributed by atoms with E-state index < -0.39 is 0 Å². The van der Waals surface area contributed by atoms with Gasteiger partial charge in [0.2, 0.25) is 0 Å². The molecule has 2 nitrogen and oxygen atoms in total. The highest BCUT2D eigenvalue weighted by Crippen LogP contribution is 2.28. The quantitative estimate of drug-likeness (QED) is 0.848. The molecular formula is C15H14BrClFNO. The number of hydrogen-bond donors (Lipinski definition) is 1. The molecule has 0 bridgehead atoms. The van der Waals surface area contributed by atoms with E-state index in [0.717, 1.165) is 5.56 Å². The first kappa shape index (κ1) is 15.3. The van der Waals surface area contributed by atoms with E-state index in [1.165, 1.54) is 6.07 Å². The van der Waals surface area contributed by atoms with Gasteiger partial charge in [0.25, 0.3) is 0 Å². The van der Waals surface area contributed by atoms with Gasteiger partial charge in [-0.15, -0.1) is 0 Å². The fourth-order valence-electron chi connectivity index (χ4n) is 1.71. The van der Waals surface area contributed by atoms with E-state index in [4.69, 9.17) is 22.1 Å². The standard InChI is InChI=1S/C15H14BrClFNO/c1-9(19)10-3-5-15(13(17)6-10)20-8-11-2-4-12(16)7-14(11)18/h2-7,9H,8,19H2,1H3. The van der Waals surface area contributed by atoms with E-state index in [-0.39, 0.29) is 18.5 Å². The van der Waals surface area contributed by atoms with Crippen LogP contribution in [-0.4, -0.2) is 0 Å². The minimum absolute atomic E-state index is 0.0922. The maximum atomic E-state index is 13.7. The fourth-order valence-corrected chi connectivity index (χ4v) is 2.29. The van der Waals surface area contributed by atoms with Crippen LogP contribution in [-0.2, 0) is 6.61 Å². The molecule has 0 aliphatic rings. The largest absolute Gasteiger partial charge is 0.487 e. The lowest BCUT2D eigenvalue weighted by molar-refractivity contribution is 0.300. The first-order valence-corrected chi connectivity index (χ1v) is 7.26. The van der Waals surface area contributed by atoms with Crippen molar-refractivity contribution in [2.24, 2.45) is 5.73 Å². The van der Waals surface area contributed by atoms with E-state index in [9.17, 15) is 4.39 Å². The van der Waals surface area contributed by atoms with Gasteiger partial charge in [-0.2, -0.15) is 0 Å². The highest BCUT2D eigenvalue weighted by atomic mass is 79.9. The molecule has 20 heavy (non-hydrogen) atoms. The van der Waals surface area contributed by atoms with E-state index >= 15 is 0 Å². The van der Waals surface area contributed by atoms with Crippen molar-refractivity contribution in [1.29, 1.82) is 0 Å². The van der Waals surface area contributed by atoms with Crippen LogP contribution < -0.4 is 10.5 Å². The first-order chi connectivity index (χ1) is 9.47. The Hall–Kier alpha value is -1.10. The molecule has 0 fully saturated rings. The molecule has 2 aromatic carbocycles. The lowest BCUT2D eigenvalue weighted by Crippen LogP contribution is -2.05. The Kier molecular flexibility index (Phi) is 5.02. The zero-order chi connectivity index (χ0) is 14.7. The van der Waals surface area contributed by atoms with Gasteiger partial charge in [-0.1, -0.05) is 39.7 Å². The summed E-state index contributed by atoms with van der Waals surface area (Å²) >= 11 is 9.33. The molecule has 1 unspecified atom stereocenters. The van der Waals surface area contributed by atoms with Crippen molar-refractivity contribution < 1.29 is 9.13 Å². The fraction of sp³-hybridized carbons (Fsp3) is 0.200. The molecule has 2 N–H and O–H groups in total. The van der Waals surface area contributed by atoms with Crippen LogP contribution in [0.25, 0.3) is 0 Å². The summed E-state index contributed by atoms with van der Waals surface area (Å²) in [6, 6.07) is 10.1. The maximum absolute atomic E-state index is 13.7. The number of ether oxygens (including phenoxy) is 1. The molecule has 0 amide bonds. The van der Waals surface area contributed by atoms with Crippen LogP contribution in [0.2, 0.25) is 5.02 Å². The van der Waals surface area contributed by atoms with Crippen molar-refractivity contribution in [3.05, 3.63) is 62.8 Å². The number of halogens is 3. The topological polar surface area (TPSA) is 35.2 Å². The van der Waals surface area contributed by atoms with E-state index in [1.54, 1.807) is 24.3 Å². The normalized spacial score (nSPS) is 12.2. The Bertz CT molecular complexity index is 619. The van der Waals surface area contributed by atoms with Crippen molar-refractivity contribution in [3.63, 3.8) is 0 Å². The van der Waals surface area contributed by atoms with Crippen LogP contribution >= 0.6 is 27.5 Å². The van der Waals surface area contributed by atoms with Crippen molar-refractivity contribution in [3.8, 4) is 5.75 Å². The number of nitrogens with two attached hydrogens (primary N) is 1. The zero-order valence-corrected chi connectivity index (χ0v) is 13.2. The Morgan fingerprint density at radius 3 is 2.65 bits per heavy atom. The molecule has 0 aromatic heterocycles. The lowest BCUT2D eigenvalue weighted by Gasteiger charge is -2.11. The third-order valence-electron chi connectivity index (χ3n) is 2.88. The molecule has 1 atom stereocenters. The first-order valence-electron chi connectivity index (χ1n) is 6.09. The summed E-state index contributed by atoms with van der Waals surface area (Å²) in [6.45, 7) is 2.00. The molecule has 0 heterocycles. The second kappa shape index (κ2) is 6.57. The molecule has 106 valence electrons. The zero-order valence-electron chi connectivity index (χ0n) is 10.9. The highest BCUT2D eigenvalue weighted by molar-refractivity contribution is 9.10. The predicted molar refractivity (Wildman–Crippen MR) is 82.5 cm³/mol. The summed E-state index contributed by atoms with van der Waals surface area (Å²) < 4.78 is 19.9. The second-order valence-electron chi connectivity index (χ2n) is 4.50. The Labute approximate surface area is 130 Å². The third-order valence-corrected chi connectivity index (χ3v) is 3.67. The summed E-state index contributed by atoms with van der Waals surface area (Å²) in [4.78, 5) is 0. The Morgan fingerprint density at radius 1 is 1.30 bits per heavy atom. The van der Waals surface area contributed by atoms with Crippen LogP contribution in [0.4, 0.5) is 4.39 Å². The summed E-state index contributed by atoms with van der Waals surface area (Å²) in [5, 5.41) is 0.470. The molecule has 2 rings (SSSR count). The highest BCUT2D eigenvalue weighted by Gasteiger charge is 2.08. The number of rotatable bonds is 4. The van der Waals surface area contributed by atoms with Gasteiger partial charge in [-0.05, 0) is 36.8 Å². The van der Waals surface area contributed by atoms with Crippen LogP contribution in [0.1, 0.15) is 24.1 Å². The molecule has 0 saturated heterocycles. The predicted octanol–water partition coefficient (Wildman–Crippen LogP) is 4.84. The van der Waals surface area contributed by atoms with Gasteiger partial charge in [-0.3, -0.25) is 0 Å². The van der Waals surface area contributed by atoms with Crippen LogP contribution in [0, 0.1) is 5.82 Å². The van der Waals surface area contributed by atoms with Crippen molar-refractivity contribution in [2.45, 2.75) is 19.6 Å². The van der Waals surface area contributed by atoms with Crippen LogP contribution in [0.15, 0.2) is 40.9 Å². The van der Waals surface area contributed by atoms with Gasteiger partial charge >= 0.3 is 0 Å². The van der Waals surface area contributed by atoms with E-state index in [1.807, 2.05) is 13.0 Å². The average molecular weight is 359 g/mol. The van der Waals surface area contributed by atoms with Gasteiger partial charge in [0.15, 0.2) is 0 Å². The van der Waals surface area contributed by atoms with Gasteiger partial charge in [0.1, 0.15) is 18.2 Å². The summed E-state index contributed by atoms with van der Waals surface area (Å²) in [6.07, 6.45) is 0. The van der Waals surface area contributed by atoms with E-state index in [2.05, 4.69) is 15.9 Å². The number of hydrogen-bond acceptors (Lipinski definition) is 2. The van der Waals surface area contributed by atoms with Gasteiger partial charge in [-0.25, -0.2) is 4.39 Å². The Balaban J connectivity index is 2.11. The molecule has 0 saturated carbocycles. The minimum atomic E-state index is -0.317. The molecule has 0 aliphatic heterocycles. The van der Waals surface area contributed by atoms with Crippen molar-refractivity contribution >= 4 is 27.5 Å². The van der Waals surface area contributed by atoms with E-state index in [0.29, 0.717) is 20.8 Å².